The van der Waals surface area contributed by atoms with Crippen molar-refractivity contribution in [1.29, 1.82) is 5.41 Å². The van der Waals surface area contributed by atoms with Crippen molar-refractivity contribution in [1.82, 2.24) is 9.78 Å². The molecule has 2 heterocycles. The number of nitrogens with zero attached hydrogens (tertiary/aromatic N) is 3. The van der Waals surface area contributed by atoms with Crippen molar-refractivity contribution in [3.8, 4) is 16.9 Å². The van der Waals surface area contributed by atoms with Crippen LogP contribution in [0, 0.1) is 5.41 Å². The van der Waals surface area contributed by atoms with Crippen LogP contribution in [-0.4, -0.2) is 47.8 Å². The van der Waals surface area contributed by atoms with Crippen LogP contribution in [-0.2, 0) is 4.74 Å². The maximum atomic E-state index is 8.32. The zero-order valence-corrected chi connectivity index (χ0v) is 18.6. The normalized spacial score (nSPS) is 14.1. The Morgan fingerprint density at radius 3 is 2.45 bits per heavy atom. The average molecular weight is 418 g/mol. The van der Waals surface area contributed by atoms with Crippen molar-refractivity contribution in [3.05, 3.63) is 60.3 Å². The van der Waals surface area contributed by atoms with E-state index in [1.807, 2.05) is 29.9 Å². The fraction of sp³-hybridized carbons (Fsp3) is 0.360. The summed E-state index contributed by atoms with van der Waals surface area (Å²) in [6, 6.07) is 17.1. The van der Waals surface area contributed by atoms with Gasteiger partial charge in [-0.25, -0.2) is 4.68 Å². The lowest BCUT2D eigenvalue weighted by Gasteiger charge is -2.28. The summed E-state index contributed by atoms with van der Waals surface area (Å²) in [5.74, 6) is 0. The van der Waals surface area contributed by atoms with Gasteiger partial charge in [0.1, 0.15) is 0 Å². The summed E-state index contributed by atoms with van der Waals surface area (Å²) in [7, 11) is 0. The van der Waals surface area contributed by atoms with Crippen LogP contribution >= 0.6 is 0 Å². The molecule has 0 unspecified atom stereocenters. The largest absolute Gasteiger partial charge is 0.382 e. The lowest BCUT2D eigenvalue weighted by atomic mass is 10.0. The van der Waals surface area contributed by atoms with Crippen LogP contribution in [0.1, 0.15) is 32.8 Å². The van der Waals surface area contributed by atoms with E-state index in [1.165, 1.54) is 5.69 Å². The Morgan fingerprint density at radius 1 is 1.06 bits per heavy atom. The van der Waals surface area contributed by atoms with Crippen molar-refractivity contribution in [2.75, 3.05) is 36.5 Å². The Balaban J connectivity index is 1.65. The molecule has 3 aromatic rings. The van der Waals surface area contributed by atoms with E-state index in [4.69, 9.17) is 10.1 Å². The third-order valence-electron chi connectivity index (χ3n) is 5.55. The van der Waals surface area contributed by atoms with E-state index in [0.717, 1.165) is 54.5 Å². The second kappa shape index (κ2) is 9.35. The number of anilines is 2. The van der Waals surface area contributed by atoms with Crippen LogP contribution in [0.5, 0.6) is 0 Å². The molecule has 1 fully saturated rings. The number of ether oxygens (including phenoxy) is 1. The number of rotatable bonds is 7. The van der Waals surface area contributed by atoms with E-state index in [9.17, 15) is 0 Å². The maximum Gasteiger partial charge on any atom is 0.0741 e. The molecule has 0 atom stereocenters. The Hall–Kier alpha value is -3.12. The fourth-order valence-electron chi connectivity index (χ4n) is 3.94. The molecule has 1 aliphatic heterocycles. The minimum absolute atomic E-state index is 0.288. The molecule has 4 rings (SSSR count). The highest BCUT2D eigenvalue weighted by Crippen LogP contribution is 2.29. The highest BCUT2D eigenvalue weighted by molar-refractivity contribution is 6.03. The topological polar surface area (TPSA) is 66.2 Å². The van der Waals surface area contributed by atoms with Gasteiger partial charge < -0.3 is 20.4 Å². The number of hydrogen-bond acceptors (Lipinski definition) is 5. The van der Waals surface area contributed by atoms with Gasteiger partial charge >= 0.3 is 0 Å². The molecular weight excluding hydrogens is 386 g/mol. The molecular formula is C25H31N5O. The molecule has 2 N–H and O–H groups in total. The Morgan fingerprint density at radius 2 is 1.77 bits per heavy atom. The lowest BCUT2D eigenvalue weighted by molar-refractivity contribution is 0.122. The van der Waals surface area contributed by atoms with Crippen LogP contribution in [0.4, 0.5) is 11.4 Å². The molecule has 1 aromatic heterocycles. The summed E-state index contributed by atoms with van der Waals surface area (Å²) in [6.45, 7) is 9.67. The molecule has 0 bridgehead atoms. The van der Waals surface area contributed by atoms with Gasteiger partial charge in [0.15, 0.2) is 0 Å². The molecule has 0 saturated carbocycles. The van der Waals surface area contributed by atoms with Gasteiger partial charge in [0.25, 0.3) is 0 Å². The average Bonchev–Trinajstić information content (AvgIpc) is 3.29. The standard InChI is InChI=1S/C25H31N5O/c1-4-23(26)22-10-5-19(17-24(22)28-18(2)3)25-11-12-27-30(25)21-8-6-20(7-9-21)29-13-15-31-16-14-29/h5-12,17-18,26,28H,4,13-16H2,1-3H3. The van der Waals surface area contributed by atoms with E-state index in [2.05, 4.69) is 65.6 Å². The quantitative estimate of drug-likeness (QED) is 0.533. The number of benzene rings is 2. The fourth-order valence-corrected chi connectivity index (χ4v) is 3.94. The van der Waals surface area contributed by atoms with Crippen LogP contribution < -0.4 is 10.2 Å². The summed E-state index contributed by atoms with van der Waals surface area (Å²) < 4.78 is 7.43. The molecule has 1 aliphatic rings. The monoisotopic (exact) mass is 417 g/mol. The SMILES string of the molecule is CCC(=N)c1ccc(-c2ccnn2-c2ccc(N3CCOCC3)cc2)cc1NC(C)C. The molecule has 0 spiro atoms. The van der Waals surface area contributed by atoms with Crippen LogP contribution in [0.25, 0.3) is 16.9 Å². The van der Waals surface area contributed by atoms with Crippen molar-refractivity contribution < 1.29 is 4.74 Å². The first-order valence-corrected chi connectivity index (χ1v) is 11.0. The number of hydrogen-bond donors (Lipinski definition) is 2. The van der Waals surface area contributed by atoms with E-state index in [1.54, 1.807) is 0 Å². The number of morpholine rings is 1. The Labute approximate surface area is 184 Å². The first-order chi connectivity index (χ1) is 15.1. The predicted molar refractivity (Wildman–Crippen MR) is 128 cm³/mol. The van der Waals surface area contributed by atoms with Crippen molar-refractivity contribution in [3.63, 3.8) is 0 Å². The maximum absolute atomic E-state index is 8.32. The summed E-state index contributed by atoms with van der Waals surface area (Å²) in [5, 5.41) is 16.4. The second-order valence-electron chi connectivity index (χ2n) is 8.14. The predicted octanol–water partition coefficient (Wildman–Crippen LogP) is 4.97. The van der Waals surface area contributed by atoms with Crippen molar-refractivity contribution in [2.45, 2.75) is 33.2 Å². The zero-order valence-electron chi connectivity index (χ0n) is 18.6. The summed E-state index contributed by atoms with van der Waals surface area (Å²) in [5.41, 5.74) is 6.94. The summed E-state index contributed by atoms with van der Waals surface area (Å²) in [4.78, 5) is 2.35. The van der Waals surface area contributed by atoms with Gasteiger partial charge in [-0.2, -0.15) is 5.10 Å². The first-order valence-electron chi connectivity index (χ1n) is 11.0. The van der Waals surface area contributed by atoms with Gasteiger partial charge in [0.2, 0.25) is 0 Å². The van der Waals surface area contributed by atoms with Crippen molar-refractivity contribution in [2.24, 2.45) is 0 Å². The molecule has 1 saturated heterocycles. The minimum atomic E-state index is 0.288. The number of aromatic nitrogens is 2. The molecule has 2 aromatic carbocycles. The minimum Gasteiger partial charge on any atom is -0.382 e. The van der Waals surface area contributed by atoms with E-state index >= 15 is 0 Å². The van der Waals surface area contributed by atoms with Gasteiger partial charge in [-0.3, -0.25) is 0 Å². The van der Waals surface area contributed by atoms with Crippen molar-refractivity contribution >= 4 is 17.1 Å². The Kier molecular flexibility index (Phi) is 6.37. The van der Waals surface area contributed by atoms with E-state index in [-0.39, 0.29) is 6.04 Å². The number of nitrogens with one attached hydrogen (secondary N) is 2. The summed E-state index contributed by atoms with van der Waals surface area (Å²) >= 11 is 0. The highest BCUT2D eigenvalue weighted by Gasteiger charge is 2.14. The van der Waals surface area contributed by atoms with Gasteiger partial charge in [-0.15, -0.1) is 0 Å². The molecule has 0 aliphatic carbocycles. The molecule has 6 nitrogen and oxygen atoms in total. The van der Waals surface area contributed by atoms with E-state index in [0.29, 0.717) is 12.1 Å². The molecule has 6 heteroatoms. The third-order valence-corrected chi connectivity index (χ3v) is 5.55. The van der Waals surface area contributed by atoms with Gasteiger partial charge in [0, 0.05) is 47.3 Å². The second-order valence-corrected chi connectivity index (χ2v) is 8.14. The van der Waals surface area contributed by atoms with Gasteiger partial charge in [-0.1, -0.05) is 19.1 Å². The lowest BCUT2D eigenvalue weighted by Crippen LogP contribution is -2.36. The Bertz CT molecular complexity index is 1030. The van der Waals surface area contributed by atoms with Crippen LogP contribution in [0.3, 0.4) is 0 Å². The molecule has 162 valence electrons. The van der Waals surface area contributed by atoms with E-state index < -0.39 is 0 Å². The zero-order chi connectivity index (χ0) is 21.8. The molecule has 0 radical (unpaired) electrons. The van der Waals surface area contributed by atoms with Gasteiger partial charge in [-0.05, 0) is 56.7 Å². The summed E-state index contributed by atoms with van der Waals surface area (Å²) in [6.07, 6.45) is 2.54. The van der Waals surface area contributed by atoms with Crippen LogP contribution in [0.15, 0.2) is 54.7 Å². The molecule has 31 heavy (non-hydrogen) atoms. The van der Waals surface area contributed by atoms with Crippen LogP contribution in [0.2, 0.25) is 0 Å². The third kappa shape index (κ3) is 4.64. The molecule has 0 amide bonds. The highest BCUT2D eigenvalue weighted by atomic mass is 16.5. The van der Waals surface area contributed by atoms with Gasteiger partial charge in [0.05, 0.1) is 30.8 Å². The smallest absolute Gasteiger partial charge is 0.0741 e. The first kappa shape index (κ1) is 21.1.